The summed E-state index contributed by atoms with van der Waals surface area (Å²) in [6.45, 7) is 1.54. The number of hydrogen-bond donors (Lipinski definition) is 1. The van der Waals surface area contributed by atoms with Crippen molar-refractivity contribution >= 4 is 46.0 Å². The molecule has 0 saturated carbocycles. The van der Waals surface area contributed by atoms with Gasteiger partial charge in [0.25, 0.3) is 11.8 Å². The zero-order valence-electron chi connectivity index (χ0n) is 15.5. The highest BCUT2D eigenvalue weighted by molar-refractivity contribution is 7.98. The zero-order chi connectivity index (χ0) is 20.4. The first-order valence-electron chi connectivity index (χ1n) is 8.94. The fourth-order valence-corrected chi connectivity index (χ4v) is 4.62. The van der Waals surface area contributed by atoms with E-state index < -0.39 is 23.8 Å². The van der Waals surface area contributed by atoms with E-state index in [1.807, 2.05) is 35.7 Å². The lowest BCUT2D eigenvalue weighted by molar-refractivity contribution is -0.119. The van der Waals surface area contributed by atoms with Crippen LogP contribution in [0.15, 0.2) is 64.9 Å². The van der Waals surface area contributed by atoms with Crippen LogP contribution >= 0.6 is 23.1 Å². The number of hydrogen-bond acceptors (Lipinski definition) is 6. The molecule has 3 amide bonds. The Morgan fingerprint density at radius 2 is 1.69 bits per heavy atom. The highest BCUT2D eigenvalue weighted by Gasteiger charge is 2.40. The topological polar surface area (TPSA) is 79.4 Å². The second-order valence-corrected chi connectivity index (χ2v) is 8.34. The summed E-state index contributed by atoms with van der Waals surface area (Å²) in [4.78, 5) is 44.3. The van der Waals surface area contributed by atoms with Crippen molar-refractivity contribution < 1.29 is 14.4 Å². The molecule has 2 heterocycles. The van der Waals surface area contributed by atoms with E-state index in [9.17, 15) is 14.4 Å². The van der Waals surface area contributed by atoms with Crippen LogP contribution in [0.3, 0.4) is 0 Å². The molecule has 29 heavy (non-hydrogen) atoms. The van der Waals surface area contributed by atoms with Crippen molar-refractivity contribution in [1.82, 2.24) is 9.88 Å². The minimum absolute atomic E-state index is 0.326. The van der Waals surface area contributed by atoms with E-state index in [1.165, 1.54) is 18.3 Å². The van der Waals surface area contributed by atoms with Crippen molar-refractivity contribution in [3.8, 4) is 0 Å². The number of carbonyl (C=O) groups excluding carboxylic acids is 3. The Balaban J connectivity index is 1.39. The molecule has 2 aromatic carbocycles. The molecule has 1 atom stereocenters. The van der Waals surface area contributed by atoms with Gasteiger partial charge in [0.2, 0.25) is 5.91 Å². The lowest BCUT2D eigenvalue weighted by atomic mass is 10.1. The van der Waals surface area contributed by atoms with Gasteiger partial charge in [-0.05, 0) is 31.2 Å². The van der Waals surface area contributed by atoms with E-state index in [2.05, 4.69) is 10.3 Å². The normalized spacial score (nSPS) is 14.0. The Kier molecular flexibility index (Phi) is 5.46. The number of nitrogens with one attached hydrogen (secondary N) is 1. The van der Waals surface area contributed by atoms with Gasteiger partial charge in [0.1, 0.15) is 6.04 Å². The van der Waals surface area contributed by atoms with E-state index in [0.29, 0.717) is 22.0 Å². The lowest BCUT2D eigenvalue weighted by Gasteiger charge is -2.21. The number of carbonyl (C=O) groups is 3. The van der Waals surface area contributed by atoms with Gasteiger partial charge in [-0.1, -0.05) is 30.3 Å². The van der Waals surface area contributed by atoms with Crippen LogP contribution in [0.25, 0.3) is 0 Å². The highest BCUT2D eigenvalue weighted by atomic mass is 32.2. The molecule has 0 bridgehead atoms. The summed E-state index contributed by atoms with van der Waals surface area (Å²) in [5, 5.41) is 5.05. The van der Waals surface area contributed by atoms with Gasteiger partial charge in [0.05, 0.1) is 16.8 Å². The van der Waals surface area contributed by atoms with Gasteiger partial charge in [0, 0.05) is 16.0 Å². The Morgan fingerprint density at radius 3 is 2.34 bits per heavy atom. The molecule has 0 saturated heterocycles. The first-order chi connectivity index (χ1) is 14.0. The van der Waals surface area contributed by atoms with Crippen LogP contribution in [0, 0.1) is 0 Å². The Labute approximate surface area is 176 Å². The van der Waals surface area contributed by atoms with Crippen LogP contribution in [0.5, 0.6) is 0 Å². The first kappa shape index (κ1) is 19.4. The molecular formula is C21H17N3O3S2. The van der Waals surface area contributed by atoms with Gasteiger partial charge < -0.3 is 5.32 Å². The highest BCUT2D eigenvalue weighted by Crippen LogP contribution is 2.27. The third-order valence-electron chi connectivity index (χ3n) is 4.50. The van der Waals surface area contributed by atoms with Crippen LogP contribution in [0.2, 0.25) is 0 Å². The predicted octanol–water partition coefficient (Wildman–Crippen LogP) is 4.06. The quantitative estimate of drug-likeness (QED) is 0.478. The van der Waals surface area contributed by atoms with Crippen LogP contribution in [0.4, 0.5) is 5.13 Å². The number of thiazole rings is 1. The van der Waals surface area contributed by atoms with Crippen molar-refractivity contribution in [1.29, 1.82) is 0 Å². The molecule has 1 aliphatic rings. The fraction of sp³-hybridized carbons (Fsp3) is 0.143. The van der Waals surface area contributed by atoms with E-state index in [1.54, 1.807) is 36.0 Å². The van der Waals surface area contributed by atoms with Crippen LogP contribution in [-0.2, 0) is 10.5 Å². The molecule has 146 valence electrons. The molecule has 1 N–H and O–H groups in total. The average molecular weight is 424 g/mol. The minimum Gasteiger partial charge on any atom is -0.300 e. The molecular weight excluding hydrogens is 406 g/mol. The van der Waals surface area contributed by atoms with Gasteiger partial charge in [-0.25, -0.2) is 4.98 Å². The summed E-state index contributed by atoms with van der Waals surface area (Å²) in [5.41, 5.74) is 1.51. The second-order valence-electron chi connectivity index (χ2n) is 6.44. The summed E-state index contributed by atoms with van der Waals surface area (Å²) < 4.78 is 0. The SMILES string of the molecule is CC(C(=O)Nc1nc(CSc2ccccc2)cs1)N1C(=O)c2ccccc2C1=O. The molecule has 4 rings (SSSR count). The maximum absolute atomic E-state index is 12.6. The van der Waals surface area contributed by atoms with Gasteiger partial charge in [0.15, 0.2) is 5.13 Å². The Morgan fingerprint density at radius 1 is 1.07 bits per heavy atom. The van der Waals surface area contributed by atoms with E-state index >= 15 is 0 Å². The van der Waals surface area contributed by atoms with Gasteiger partial charge in [-0.2, -0.15) is 0 Å². The lowest BCUT2D eigenvalue weighted by Crippen LogP contribution is -2.45. The third-order valence-corrected chi connectivity index (χ3v) is 6.36. The molecule has 0 aliphatic carbocycles. The maximum atomic E-state index is 12.6. The number of aromatic nitrogens is 1. The molecule has 0 spiro atoms. The molecule has 0 radical (unpaired) electrons. The number of benzene rings is 2. The van der Waals surface area contributed by atoms with Crippen molar-refractivity contribution in [2.45, 2.75) is 23.6 Å². The number of thioether (sulfide) groups is 1. The summed E-state index contributed by atoms with van der Waals surface area (Å²) >= 11 is 2.98. The van der Waals surface area contributed by atoms with Crippen LogP contribution in [0.1, 0.15) is 33.3 Å². The van der Waals surface area contributed by atoms with E-state index in [0.717, 1.165) is 15.5 Å². The molecule has 6 nitrogen and oxygen atoms in total. The molecule has 1 aliphatic heterocycles. The number of fused-ring (bicyclic) bond motifs is 1. The summed E-state index contributed by atoms with van der Waals surface area (Å²) in [6.07, 6.45) is 0. The molecule has 3 aromatic rings. The second kappa shape index (κ2) is 8.18. The maximum Gasteiger partial charge on any atom is 0.262 e. The summed E-state index contributed by atoms with van der Waals surface area (Å²) in [7, 11) is 0. The van der Waals surface area contributed by atoms with Crippen LogP contribution < -0.4 is 5.32 Å². The zero-order valence-corrected chi connectivity index (χ0v) is 17.1. The number of imide groups is 1. The number of anilines is 1. The standard InChI is InChI=1S/C21H17N3O3S2/c1-13(24-19(26)16-9-5-6-10-17(16)20(24)27)18(25)23-21-22-14(12-29-21)11-28-15-7-3-2-4-8-15/h2-10,12-13H,11H2,1H3,(H,22,23,25). The third kappa shape index (κ3) is 3.94. The van der Waals surface area contributed by atoms with Crippen molar-refractivity contribution in [2.75, 3.05) is 5.32 Å². The van der Waals surface area contributed by atoms with Crippen molar-refractivity contribution in [3.63, 3.8) is 0 Å². The predicted molar refractivity (Wildman–Crippen MR) is 113 cm³/mol. The summed E-state index contributed by atoms with van der Waals surface area (Å²) in [5.74, 6) is -0.666. The van der Waals surface area contributed by atoms with Crippen molar-refractivity contribution in [3.05, 3.63) is 76.8 Å². The fourth-order valence-electron chi connectivity index (χ4n) is 2.99. The molecule has 0 fully saturated rings. The monoisotopic (exact) mass is 423 g/mol. The average Bonchev–Trinajstić information content (AvgIpc) is 3.29. The first-order valence-corrected chi connectivity index (χ1v) is 10.8. The smallest absolute Gasteiger partial charge is 0.262 e. The Hall–Kier alpha value is -2.97. The Bertz CT molecular complexity index is 1050. The number of rotatable bonds is 6. The van der Waals surface area contributed by atoms with Gasteiger partial charge >= 0.3 is 0 Å². The van der Waals surface area contributed by atoms with E-state index in [-0.39, 0.29) is 0 Å². The summed E-state index contributed by atoms with van der Waals surface area (Å²) in [6, 6.07) is 15.6. The van der Waals surface area contributed by atoms with E-state index in [4.69, 9.17) is 0 Å². The molecule has 1 aromatic heterocycles. The number of nitrogens with zero attached hydrogens (tertiary/aromatic N) is 2. The van der Waals surface area contributed by atoms with Crippen molar-refractivity contribution in [2.24, 2.45) is 0 Å². The molecule has 1 unspecified atom stereocenters. The largest absolute Gasteiger partial charge is 0.300 e. The van der Waals surface area contributed by atoms with Crippen LogP contribution in [-0.4, -0.2) is 33.6 Å². The number of amides is 3. The van der Waals surface area contributed by atoms with Gasteiger partial charge in [-0.3, -0.25) is 19.3 Å². The molecule has 8 heteroatoms. The van der Waals surface area contributed by atoms with Gasteiger partial charge in [-0.15, -0.1) is 23.1 Å². The minimum atomic E-state index is -0.937.